The van der Waals surface area contributed by atoms with Crippen LogP contribution in [0.3, 0.4) is 0 Å². The molecule has 2 aromatic rings. The molecule has 0 bridgehead atoms. The number of hydrogen-bond donors (Lipinski definition) is 1. The van der Waals surface area contributed by atoms with Crippen LogP contribution in [-0.4, -0.2) is 26.0 Å². The van der Waals surface area contributed by atoms with Gasteiger partial charge >= 0.3 is 0 Å². The van der Waals surface area contributed by atoms with Crippen molar-refractivity contribution in [2.75, 3.05) is 11.4 Å². The Morgan fingerprint density at radius 2 is 2.21 bits per heavy atom. The van der Waals surface area contributed by atoms with Crippen molar-refractivity contribution in [2.45, 2.75) is 50.6 Å². The summed E-state index contributed by atoms with van der Waals surface area (Å²) in [5.74, 6) is 0.826. The number of pyridine rings is 1. The highest BCUT2D eigenvalue weighted by Crippen LogP contribution is 2.27. The van der Waals surface area contributed by atoms with Crippen LogP contribution >= 0.6 is 11.3 Å². The molecule has 0 fully saturated rings. The highest BCUT2D eigenvalue weighted by Gasteiger charge is 2.20. The van der Waals surface area contributed by atoms with Gasteiger partial charge in [0.15, 0.2) is 0 Å². The van der Waals surface area contributed by atoms with E-state index in [1.807, 2.05) is 13.8 Å². The molecule has 0 saturated carbocycles. The normalized spacial score (nSPS) is 16.0. The Morgan fingerprint density at radius 3 is 2.92 bits per heavy atom. The van der Waals surface area contributed by atoms with Gasteiger partial charge in [-0.15, -0.1) is 11.3 Å². The van der Waals surface area contributed by atoms with E-state index in [-0.39, 0.29) is 10.9 Å². The maximum atomic E-state index is 12.4. The van der Waals surface area contributed by atoms with E-state index in [1.54, 1.807) is 23.5 Å². The number of hydrogen-bond acceptors (Lipinski definition) is 5. The maximum absolute atomic E-state index is 12.4. The minimum atomic E-state index is -3.50. The van der Waals surface area contributed by atoms with Crippen LogP contribution in [0, 0.1) is 0 Å². The molecule has 1 aliphatic rings. The number of fused-ring (bicyclic) bond motifs is 1. The fourth-order valence-electron chi connectivity index (χ4n) is 2.99. The molecule has 5 nitrogen and oxygen atoms in total. The molecule has 1 aliphatic heterocycles. The van der Waals surface area contributed by atoms with Gasteiger partial charge in [-0.05, 0) is 48.9 Å². The minimum absolute atomic E-state index is 0.0706. The Hall–Kier alpha value is -1.44. The second kappa shape index (κ2) is 7.21. The molecule has 3 heterocycles. The summed E-state index contributed by atoms with van der Waals surface area (Å²) in [6, 6.07) is 5.53. The second-order valence-electron chi connectivity index (χ2n) is 6.20. The summed E-state index contributed by atoms with van der Waals surface area (Å²) in [7, 11) is -3.50. The number of nitrogens with zero attached hydrogens (tertiary/aromatic N) is 2. The lowest BCUT2D eigenvalue weighted by atomic mass is 10.1. The first-order chi connectivity index (χ1) is 11.5. The molecule has 3 rings (SSSR count). The Labute approximate surface area is 147 Å². The van der Waals surface area contributed by atoms with Gasteiger partial charge in [0.05, 0.1) is 0 Å². The van der Waals surface area contributed by atoms with E-state index >= 15 is 0 Å². The van der Waals surface area contributed by atoms with Crippen molar-refractivity contribution in [3.8, 4) is 0 Å². The molecular formula is C17H23N3O2S2. The van der Waals surface area contributed by atoms with Crippen molar-refractivity contribution >= 4 is 27.2 Å². The molecule has 0 aliphatic carbocycles. The van der Waals surface area contributed by atoms with Crippen molar-refractivity contribution in [2.24, 2.45) is 0 Å². The zero-order valence-corrected chi connectivity index (χ0v) is 15.7. The number of thiophene rings is 1. The van der Waals surface area contributed by atoms with E-state index in [0.717, 1.165) is 38.2 Å². The summed E-state index contributed by atoms with van der Waals surface area (Å²) in [6.07, 6.45) is 4.24. The predicted molar refractivity (Wildman–Crippen MR) is 98.0 cm³/mol. The van der Waals surface area contributed by atoms with Crippen LogP contribution in [0.5, 0.6) is 0 Å². The Kier molecular flexibility index (Phi) is 5.22. The number of nitrogens with one attached hydrogen (secondary N) is 1. The molecule has 7 heteroatoms. The van der Waals surface area contributed by atoms with Gasteiger partial charge in [-0.25, -0.2) is 18.1 Å². The van der Waals surface area contributed by atoms with Crippen LogP contribution in [0.25, 0.3) is 0 Å². The van der Waals surface area contributed by atoms with Crippen molar-refractivity contribution < 1.29 is 8.42 Å². The van der Waals surface area contributed by atoms with Gasteiger partial charge in [0, 0.05) is 30.2 Å². The largest absolute Gasteiger partial charge is 0.352 e. The van der Waals surface area contributed by atoms with E-state index in [9.17, 15) is 8.42 Å². The summed E-state index contributed by atoms with van der Waals surface area (Å²) in [6.45, 7) is 5.68. The quantitative estimate of drug-likeness (QED) is 0.854. The fraction of sp³-hybridized carbons (Fsp3) is 0.471. The Bertz CT molecular complexity index is 784. The predicted octanol–water partition coefficient (Wildman–Crippen LogP) is 3.17. The summed E-state index contributed by atoms with van der Waals surface area (Å²) in [5.41, 5.74) is 1.35. The maximum Gasteiger partial charge on any atom is 0.242 e. The third-order valence-corrected chi connectivity index (χ3v) is 6.84. The van der Waals surface area contributed by atoms with Crippen LogP contribution in [0.15, 0.2) is 34.7 Å². The second-order valence-corrected chi connectivity index (χ2v) is 8.92. The molecule has 0 unspecified atom stereocenters. The Morgan fingerprint density at radius 1 is 1.38 bits per heavy atom. The van der Waals surface area contributed by atoms with E-state index in [4.69, 9.17) is 0 Å². The van der Waals surface area contributed by atoms with Gasteiger partial charge < -0.3 is 4.90 Å². The van der Waals surface area contributed by atoms with E-state index < -0.39 is 10.0 Å². The van der Waals surface area contributed by atoms with Gasteiger partial charge in [-0.2, -0.15) is 0 Å². The van der Waals surface area contributed by atoms with Crippen molar-refractivity contribution in [3.05, 3.63) is 40.2 Å². The minimum Gasteiger partial charge on any atom is -0.352 e. The molecule has 0 spiro atoms. The van der Waals surface area contributed by atoms with Gasteiger partial charge in [-0.3, -0.25) is 0 Å². The third kappa shape index (κ3) is 3.79. The van der Waals surface area contributed by atoms with Gasteiger partial charge in [0.25, 0.3) is 0 Å². The first-order valence-corrected chi connectivity index (χ1v) is 10.6. The molecule has 1 N–H and O–H groups in total. The number of sulfonamides is 1. The van der Waals surface area contributed by atoms with E-state index in [1.165, 1.54) is 16.6 Å². The van der Waals surface area contributed by atoms with Gasteiger partial charge in [-0.1, -0.05) is 13.3 Å². The first kappa shape index (κ1) is 17.4. The van der Waals surface area contributed by atoms with Crippen molar-refractivity contribution in [3.63, 3.8) is 0 Å². The zero-order chi connectivity index (χ0) is 17.2. The van der Waals surface area contributed by atoms with Crippen molar-refractivity contribution in [1.82, 2.24) is 9.71 Å². The molecule has 1 atom stereocenters. The highest BCUT2D eigenvalue weighted by atomic mass is 32.2. The lowest BCUT2D eigenvalue weighted by Gasteiger charge is -2.28. The van der Waals surface area contributed by atoms with Crippen LogP contribution in [0.4, 0.5) is 5.82 Å². The standard InChI is InChI=1S/C17H23N3O2S2/c1-3-4-13(2)19-24(21,22)15-5-6-17(18-11-15)20-9-7-16-14(12-20)8-10-23-16/h5-6,8,10-11,13,19H,3-4,7,9,12H2,1-2H3/t13-/m0/s1. The topological polar surface area (TPSA) is 62.3 Å². The van der Waals surface area contributed by atoms with Crippen LogP contribution in [0.1, 0.15) is 37.1 Å². The molecule has 0 aromatic carbocycles. The van der Waals surface area contributed by atoms with E-state index in [0.29, 0.717) is 0 Å². The molecule has 0 saturated heterocycles. The molecule has 2 aromatic heterocycles. The van der Waals surface area contributed by atoms with Gasteiger partial charge in [0.2, 0.25) is 10.0 Å². The summed E-state index contributed by atoms with van der Waals surface area (Å²) in [5, 5.41) is 2.13. The lowest BCUT2D eigenvalue weighted by molar-refractivity contribution is 0.543. The fourth-order valence-corrected chi connectivity index (χ4v) is 5.10. The molecular weight excluding hydrogens is 342 g/mol. The first-order valence-electron chi connectivity index (χ1n) is 8.28. The zero-order valence-electron chi connectivity index (χ0n) is 14.0. The summed E-state index contributed by atoms with van der Waals surface area (Å²) in [4.78, 5) is 8.25. The average Bonchev–Trinajstić information content (AvgIpc) is 3.02. The Balaban J connectivity index is 1.72. The molecule has 0 radical (unpaired) electrons. The molecule has 0 amide bonds. The SMILES string of the molecule is CCC[C@H](C)NS(=O)(=O)c1ccc(N2CCc3sccc3C2)nc1. The smallest absolute Gasteiger partial charge is 0.242 e. The average molecular weight is 366 g/mol. The van der Waals surface area contributed by atoms with Crippen LogP contribution < -0.4 is 9.62 Å². The van der Waals surface area contributed by atoms with Crippen LogP contribution in [-0.2, 0) is 23.0 Å². The van der Waals surface area contributed by atoms with Crippen molar-refractivity contribution in [1.29, 1.82) is 0 Å². The van der Waals surface area contributed by atoms with Crippen LogP contribution in [0.2, 0.25) is 0 Å². The molecule has 24 heavy (non-hydrogen) atoms. The molecule has 130 valence electrons. The summed E-state index contributed by atoms with van der Waals surface area (Å²) < 4.78 is 27.4. The third-order valence-electron chi connectivity index (χ3n) is 4.24. The number of rotatable bonds is 6. The van der Waals surface area contributed by atoms with E-state index in [2.05, 4.69) is 26.1 Å². The summed E-state index contributed by atoms with van der Waals surface area (Å²) >= 11 is 1.80. The number of anilines is 1. The number of aromatic nitrogens is 1. The van der Waals surface area contributed by atoms with Gasteiger partial charge in [0.1, 0.15) is 10.7 Å². The highest BCUT2D eigenvalue weighted by molar-refractivity contribution is 7.89. The lowest BCUT2D eigenvalue weighted by Crippen LogP contribution is -2.33. The monoisotopic (exact) mass is 365 g/mol.